The van der Waals surface area contributed by atoms with Gasteiger partial charge >= 0.3 is 0 Å². The van der Waals surface area contributed by atoms with E-state index in [2.05, 4.69) is 67.6 Å². The van der Waals surface area contributed by atoms with Crippen LogP contribution in [-0.4, -0.2) is 53.3 Å². The van der Waals surface area contributed by atoms with Crippen LogP contribution in [0.3, 0.4) is 0 Å². The number of hydrogen-bond acceptors (Lipinski definition) is 3. The average Bonchev–Trinajstić information content (AvgIpc) is 3.40. The predicted molar refractivity (Wildman–Crippen MR) is 123 cm³/mol. The number of H-pyrrole nitrogens is 1. The van der Waals surface area contributed by atoms with E-state index in [-0.39, 0.29) is 0 Å². The van der Waals surface area contributed by atoms with Crippen molar-refractivity contribution in [3.8, 4) is 0 Å². The molecule has 2 heterocycles. The van der Waals surface area contributed by atoms with Gasteiger partial charge in [-0.15, -0.1) is 11.8 Å². The van der Waals surface area contributed by atoms with Crippen LogP contribution < -0.4 is 5.32 Å². The molecular weight excluding hydrogens is 378 g/mol. The number of likely N-dealkylation sites (tertiary alicyclic amines) is 1. The first-order valence-electron chi connectivity index (χ1n) is 10.4. The molecule has 0 bridgehead atoms. The second kappa shape index (κ2) is 9.83. The van der Waals surface area contributed by atoms with Gasteiger partial charge < -0.3 is 15.2 Å². The molecule has 0 radical (unpaired) electrons. The van der Waals surface area contributed by atoms with Crippen molar-refractivity contribution >= 4 is 28.8 Å². The molecule has 2 N–H and O–H groups in total. The fraction of sp³-hybridized carbons (Fsp3) is 0.391. The summed E-state index contributed by atoms with van der Waals surface area (Å²) < 4.78 is 0. The number of para-hydroxylation sites is 2. The van der Waals surface area contributed by atoms with Crippen LogP contribution >= 0.6 is 11.8 Å². The van der Waals surface area contributed by atoms with E-state index in [1.807, 2.05) is 30.9 Å². The maximum Gasteiger partial charge on any atom is 0.193 e. The molecule has 0 amide bonds. The Morgan fingerprint density at radius 2 is 2.03 bits per heavy atom. The van der Waals surface area contributed by atoms with Crippen LogP contribution in [0.25, 0.3) is 11.0 Å². The number of guanidine groups is 1. The van der Waals surface area contributed by atoms with E-state index in [9.17, 15) is 0 Å². The molecule has 2 aromatic carbocycles. The molecule has 1 saturated heterocycles. The Bertz CT molecular complexity index is 904. The van der Waals surface area contributed by atoms with Crippen LogP contribution in [0.5, 0.6) is 0 Å². The number of hydrogen-bond donors (Lipinski definition) is 2. The third-order valence-corrected chi connectivity index (χ3v) is 6.58. The van der Waals surface area contributed by atoms with Gasteiger partial charge in [-0.3, -0.25) is 4.99 Å². The number of aryl methyl sites for hydroxylation is 1. The summed E-state index contributed by atoms with van der Waals surface area (Å²) >= 11 is 1.96. The Labute approximate surface area is 177 Å². The van der Waals surface area contributed by atoms with Crippen molar-refractivity contribution in [1.82, 2.24) is 20.2 Å². The molecule has 1 fully saturated rings. The van der Waals surface area contributed by atoms with Crippen molar-refractivity contribution < 1.29 is 0 Å². The molecule has 1 unspecified atom stereocenters. The predicted octanol–water partition coefficient (Wildman–Crippen LogP) is 4.19. The summed E-state index contributed by atoms with van der Waals surface area (Å²) in [6.07, 6.45) is 3.20. The number of aliphatic imine (C=N–C) groups is 1. The second-order valence-electron chi connectivity index (χ2n) is 7.50. The van der Waals surface area contributed by atoms with Gasteiger partial charge in [0.1, 0.15) is 5.82 Å². The number of aromatic amines is 1. The zero-order valence-electron chi connectivity index (χ0n) is 17.0. The normalized spacial score (nSPS) is 17.2. The lowest BCUT2D eigenvalue weighted by atomic mass is 10.2. The molecule has 1 aliphatic heterocycles. The van der Waals surface area contributed by atoms with E-state index < -0.39 is 0 Å². The molecule has 1 aliphatic rings. The molecule has 1 aromatic heterocycles. The van der Waals surface area contributed by atoms with E-state index in [1.54, 1.807) is 0 Å². The highest BCUT2D eigenvalue weighted by Crippen LogP contribution is 2.25. The van der Waals surface area contributed by atoms with E-state index in [0.29, 0.717) is 5.92 Å². The summed E-state index contributed by atoms with van der Waals surface area (Å²) in [4.78, 5) is 16.3. The Morgan fingerprint density at radius 1 is 1.21 bits per heavy atom. The number of fused-ring (bicyclic) bond motifs is 1. The van der Waals surface area contributed by atoms with Crippen molar-refractivity contribution in [3.63, 3.8) is 0 Å². The van der Waals surface area contributed by atoms with Gasteiger partial charge in [0.05, 0.1) is 11.0 Å². The molecule has 3 aromatic rings. The van der Waals surface area contributed by atoms with Gasteiger partial charge in [-0.2, -0.15) is 0 Å². The van der Waals surface area contributed by atoms with Crippen LogP contribution in [0.15, 0.2) is 64.5 Å². The number of nitrogens with one attached hydrogen (secondary N) is 2. The van der Waals surface area contributed by atoms with Crippen molar-refractivity contribution in [2.24, 2.45) is 10.9 Å². The molecule has 29 heavy (non-hydrogen) atoms. The summed E-state index contributed by atoms with van der Waals surface area (Å²) in [6, 6.07) is 18.9. The van der Waals surface area contributed by atoms with Gasteiger partial charge in [-0.1, -0.05) is 30.3 Å². The van der Waals surface area contributed by atoms with Gasteiger partial charge in [0.2, 0.25) is 0 Å². The number of benzene rings is 2. The van der Waals surface area contributed by atoms with Gasteiger partial charge in [-0.25, -0.2) is 4.98 Å². The number of thioether (sulfide) groups is 1. The standard InChI is InChI=1S/C23H29N5S/c1-24-23(25-14-7-12-22-26-20-10-5-6-11-21(20)27-22)28-15-13-18(16-28)17-29-19-8-3-2-4-9-19/h2-6,8-11,18H,7,12-17H2,1H3,(H,24,25)(H,26,27). The highest BCUT2D eigenvalue weighted by atomic mass is 32.2. The first-order valence-corrected chi connectivity index (χ1v) is 11.4. The topological polar surface area (TPSA) is 56.3 Å². The Hall–Kier alpha value is -2.47. The average molecular weight is 408 g/mol. The van der Waals surface area contributed by atoms with Gasteiger partial charge in [0, 0.05) is 43.8 Å². The van der Waals surface area contributed by atoms with Crippen molar-refractivity contribution in [2.75, 3.05) is 32.4 Å². The Kier molecular flexibility index (Phi) is 6.72. The van der Waals surface area contributed by atoms with Crippen molar-refractivity contribution in [3.05, 3.63) is 60.4 Å². The first-order chi connectivity index (χ1) is 14.3. The molecule has 4 rings (SSSR count). The maximum atomic E-state index is 4.66. The zero-order chi connectivity index (χ0) is 19.9. The highest BCUT2D eigenvalue weighted by Gasteiger charge is 2.24. The van der Waals surface area contributed by atoms with E-state index in [4.69, 9.17) is 0 Å². The molecule has 0 saturated carbocycles. The maximum absolute atomic E-state index is 4.66. The van der Waals surface area contributed by atoms with Gasteiger partial charge in [-0.05, 0) is 43.0 Å². The second-order valence-corrected chi connectivity index (χ2v) is 8.60. The Morgan fingerprint density at radius 3 is 2.86 bits per heavy atom. The lowest BCUT2D eigenvalue weighted by Crippen LogP contribution is -2.40. The minimum Gasteiger partial charge on any atom is -0.356 e. The lowest BCUT2D eigenvalue weighted by Gasteiger charge is -2.21. The summed E-state index contributed by atoms with van der Waals surface area (Å²) in [5, 5.41) is 3.54. The fourth-order valence-corrected chi connectivity index (χ4v) is 4.85. The number of imidazole rings is 1. The van der Waals surface area contributed by atoms with Crippen LogP contribution in [-0.2, 0) is 6.42 Å². The van der Waals surface area contributed by atoms with E-state index >= 15 is 0 Å². The van der Waals surface area contributed by atoms with Crippen LogP contribution in [0, 0.1) is 5.92 Å². The number of rotatable bonds is 7. The van der Waals surface area contributed by atoms with Crippen molar-refractivity contribution in [1.29, 1.82) is 0 Å². The third-order valence-electron chi connectivity index (χ3n) is 5.34. The molecule has 152 valence electrons. The molecule has 6 heteroatoms. The van der Waals surface area contributed by atoms with Crippen LogP contribution in [0.4, 0.5) is 0 Å². The smallest absolute Gasteiger partial charge is 0.193 e. The van der Waals surface area contributed by atoms with Crippen LogP contribution in [0.2, 0.25) is 0 Å². The van der Waals surface area contributed by atoms with Crippen molar-refractivity contribution in [2.45, 2.75) is 24.2 Å². The lowest BCUT2D eigenvalue weighted by molar-refractivity contribution is 0.473. The zero-order valence-corrected chi connectivity index (χ0v) is 17.8. The summed E-state index contributed by atoms with van der Waals surface area (Å²) in [5.41, 5.74) is 2.16. The molecule has 0 spiro atoms. The monoisotopic (exact) mass is 407 g/mol. The summed E-state index contributed by atoms with van der Waals surface area (Å²) in [6.45, 7) is 3.08. The molecule has 1 atom stereocenters. The minimum atomic E-state index is 0.717. The molecule has 0 aliphatic carbocycles. The number of nitrogens with zero attached hydrogens (tertiary/aromatic N) is 3. The first kappa shape index (κ1) is 19.8. The Balaban J connectivity index is 1.19. The van der Waals surface area contributed by atoms with E-state index in [0.717, 1.165) is 55.3 Å². The van der Waals surface area contributed by atoms with Crippen LogP contribution in [0.1, 0.15) is 18.7 Å². The quantitative estimate of drug-likeness (QED) is 0.267. The SMILES string of the molecule is CN=C(NCCCc1nc2ccccc2[nH]1)N1CCC(CSc2ccccc2)C1. The largest absolute Gasteiger partial charge is 0.356 e. The number of aromatic nitrogens is 2. The highest BCUT2D eigenvalue weighted by molar-refractivity contribution is 7.99. The summed E-state index contributed by atoms with van der Waals surface area (Å²) in [5.74, 6) is 3.97. The minimum absolute atomic E-state index is 0.717. The fourth-order valence-electron chi connectivity index (χ4n) is 3.80. The third kappa shape index (κ3) is 5.32. The van der Waals surface area contributed by atoms with Gasteiger partial charge in [0.25, 0.3) is 0 Å². The van der Waals surface area contributed by atoms with Gasteiger partial charge in [0.15, 0.2) is 5.96 Å². The molecule has 5 nitrogen and oxygen atoms in total. The van der Waals surface area contributed by atoms with E-state index in [1.165, 1.54) is 17.1 Å². The summed E-state index contributed by atoms with van der Waals surface area (Å²) in [7, 11) is 1.88. The molecular formula is C23H29N5S.